The molecule has 2 aliphatic rings. The molecule has 354 valence electrons. The van der Waals surface area contributed by atoms with Crippen molar-refractivity contribution in [3.05, 3.63) is 267 Å². The molecule has 7 heteroatoms. The average Bonchev–Trinajstić information content (AvgIpc) is 4.32. The SMILES string of the molecule is c1ccc(-c2ccc(N3c4cc(-n5c6ccccc6c6ccccc65)ccc4B4c5nc(-c6ccccc6)oc5N(c5ccc(-c6ccccc6)cc5)c5cc(-n6c7ccccc7c7ccccc76)cc3c54)cc2)cc1. The Labute approximate surface area is 439 Å². The summed E-state index contributed by atoms with van der Waals surface area (Å²) in [5.74, 6) is 1.28. The third-order valence-corrected chi connectivity index (χ3v) is 15.7. The van der Waals surface area contributed by atoms with Crippen molar-refractivity contribution in [3.63, 3.8) is 0 Å². The van der Waals surface area contributed by atoms with Gasteiger partial charge in [-0.05, 0) is 118 Å². The van der Waals surface area contributed by atoms with Crippen LogP contribution in [0.25, 0.3) is 88.7 Å². The second kappa shape index (κ2) is 16.7. The van der Waals surface area contributed by atoms with Gasteiger partial charge in [0.25, 0.3) is 6.71 Å². The molecule has 76 heavy (non-hydrogen) atoms. The Hall–Kier alpha value is -10.1. The smallest absolute Gasteiger partial charge is 0.279 e. The molecule has 0 saturated heterocycles. The topological polar surface area (TPSA) is 42.4 Å². The largest absolute Gasteiger partial charge is 0.420 e. The number of rotatable bonds is 7. The zero-order valence-corrected chi connectivity index (χ0v) is 41.1. The number of nitrogens with zero attached hydrogens (tertiary/aromatic N) is 5. The highest BCUT2D eigenvalue weighted by molar-refractivity contribution is 6.99. The highest BCUT2D eigenvalue weighted by Gasteiger charge is 2.47. The molecule has 14 aromatic rings. The third kappa shape index (κ3) is 6.39. The predicted molar refractivity (Wildman–Crippen MR) is 316 cm³/mol. The Morgan fingerprint density at radius 1 is 0.316 bits per heavy atom. The Morgan fingerprint density at radius 2 is 0.697 bits per heavy atom. The van der Waals surface area contributed by atoms with Crippen LogP contribution in [0, 0.1) is 0 Å². The summed E-state index contributed by atoms with van der Waals surface area (Å²) in [5, 5.41) is 4.85. The van der Waals surface area contributed by atoms with Crippen molar-refractivity contribution in [2.24, 2.45) is 0 Å². The minimum Gasteiger partial charge on any atom is -0.420 e. The minimum absolute atomic E-state index is 0.296. The van der Waals surface area contributed by atoms with Crippen LogP contribution in [0.3, 0.4) is 0 Å². The highest BCUT2D eigenvalue weighted by Crippen LogP contribution is 2.48. The van der Waals surface area contributed by atoms with Gasteiger partial charge in [0.2, 0.25) is 11.8 Å². The molecule has 0 bridgehead atoms. The van der Waals surface area contributed by atoms with Gasteiger partial charge >= 0.3 is 0 Å². The molecule has 0 fully saturated rings. The quantitative estimate of drug-likeness (QED) is 0.149. The first-order valence-electron chi connectivity index (χ1n) is 26.0. The summed E-state index contributed by atoms with van der Waals surface area (Å²) in [6.45, 7) is -0.296. The van der Waals surface area contributed by atoms with E-state index in [1.807, 2.05) is 6.07 Å². The fraction of sp³-hybridized carbons (Fsp3) is 0. The molecule has 0 amide bonds. The first kappa shape index (κ1) is 42.4. The van der Waals surface area contributed by atoms with Crippen LogP contribution < -0.4 is 26.3 Å². The predicted octanol–water partition coefficient (Wildman–Crippen LogP) is 16.0. The van der Waals surface area contributed by atoms with E-state index in [-0.39, 0.29) is 6.71 Å². The van der Waals surface area contributed by atoms with Crippen LogP contribution in [-0.2, 0) is 0 Å². The van der Waals surface area contributed by atoms with E-state index >= 15 is 0 Å². The van der Waals surface area contributed by atoms with Gasteiger partial charge in [0.1, 0.15) is 0 Å². The second-order valence-corrected chi connectivity index (χ2v) is 19.9. The summed E-state index contributed by atoms with van der Waals surface area (Å²) in [6, 6.07) is 96.5. The van der Waals surface area contributed by atoms with Crippen molar-refractivity contribution < 1.29 is 4.42 Å². The van der Waals surface area contributed by atoms with Gasteiger partial charge in [-0.2, -0.15) is 0 Å². The normalized spacial score (nSPS) is 12.7. The minimum atomic E-state index is -0.296. The lowest BCUT2D eigenvalue weighted by atomic mass is 9.35. The molecule has 5 heterocycles. The van der Waals surface area contributed by atoms with Gasteiger partial charge in [-0.15, -0.1) is 0 Å². The number of aromatic nitrogens is 3. The van der Waals surface area contributed by atoms with Crippen molar-refractivity contribution in [2.75, 3.05) is 9.80 Å². The molecule has 0 aliphatic carbocycles. The van der Waals surface area contributed by atoms with E-state index in [0.29, 0.717) is 11.8 Å². The van der Waals surface area contributed by atoms with Crippen LogP contribution in [0.4, 0.5) is 34.3 Å². The summed E-state index contributed by atoms with van der Waals surface area (Å²) in [5.41, 5.74) is 20.6. The number of anilines is 6. The fourth-order valence-corrected chi connectivity index (χ4v) is 12.4. The van der Waals surface area contributed by atoms with Crippen molar-refractivity contribution in [2.45, 2.75) is 0 Å². The Balaban J connectivity index is 1.02. The van der Waals surface area contributed by atoms with E-state index in [2.05, 4.69) is 280 Å². The van der Waals surface area contributed by atoms with Gasteiger partial charge in [-0.3, -0.25) is 4.90 Å². The Kier molecular flexibility index (Phi) is 9.33. The molecule has 0 saturated carbocycles. The Bertz CT molecular complexity index is 4470. The lowest BCUT2D eigenvalue weighted by Gasteiger charge is -2.42. The number of hydrogen-bond donors (Lipinski definition) is 0. The van der Waals surface area contributed by atoms with Gasteiger partial charge in [0.05, 0.1) is 33.3 Å². The monoisotopic (exact) mass is 969 g/mol. The first-order valence-corrected chi connectivity index (χ1v) is 26.0. The maximum absolute atomic E-state index is 7.25. The van der Waals surface area contributed by atoms with E-state index < -0.39 is 0 Å². The van der Waals surface area contributed by atoms with Gasteiger partial charge in [-0.1, -0.05) is 182 Å². The molecule has 0 unspecified atom stereocenters. The molecule has 11 aromatic carbocycles. The van der Waals surface area contributed by atoms with Crippen LogP contribution in [-0.4, -0.2) is 20.8 Å². The van der Waals surface area contributed by atoms with Gasteiger partial charge in [0, 0.05) is 61.2 Å². The standard InChI is InChI=1S/C69H44BN5O/c1-4-18-45(19-5-1)47-32-36-50(37-33-47)72-63-42-52(73-59-28-14-10-24-54(59)55-25-11-15-29-60(55)73)40-41-58(63)70-66-64(72)43-53(74-61-30-16-12-26-56(61)57-27-13-17-31-62(57)74)44-65(66)75(51-38-34-48(35-39-51)46-20-6-2-7-21-46)69-67(70)71-68(76-69)49-22-8-3-9-23-49/h1-44H. The average molecular weight is 970 g/mol. The molecule has 0 atom stereocenters. The number of benzene rings is 11. The van der Waals surface area contributed by atoms with E-state index in [9.17, 15) is 0 Å². The summed E-state index contributed by atoms with van der Waals surface area (Å²) >= 11 is 0. The van der Waals surface area contributed by atoms with Gasteiger partial charge < -0.3 is 18.5 Å². The van der Waals surface area contributed by atoms with Crippen LogP contribution in [0.15, 0.2) is 271 Å². The van der Waals surface area contributed by atoms with Crippen molar-refractivity contribution in [1.29, 1.82) is 0 Å². The van der Waals surface area contributed by atoms with Crippen LogP contribution >= 0.6 is 0 Å². The summed E-state index contributed by atoms with van der Waals surface area (Å²) in [7, 11) is 0. The maximum Gasteiger partial charge on any atom is 0.279 e. The fourth-order valence-electron chi connectivity index (χ4n) is 12.4. The van der Waals surface area contributed by atoms with E-state index in [1.54, 1.807) is 0 Å². The Morgan fingerprint density at radius 3 is 1.20 bits per heavy atom. The molecule has 3 aromatic heterocycles. The zero-order valence-electron chi connectivity index (χ0n) is 41.1. The summed E-state index contributed by atoms with van der Waals surface area (Å²) in [6.07, 6.45) is 0. The zero-order chi connectivity index (χ0) is 49.8. The second-order valence-electron chi connectivity index (χ2n) is 19.9. The lowest BCUT2D eigenvalue weighted by molar-refractivity contribution is 0.581. The van der Waals surface area contributed by atoms with E-state index in [0.717, 1.165) is 101 Å². The molecular weight excluding hydrogens is 926 g/mol. The number of oxazole rings is 1. The number of para-hydroxylation sites is 4. The van der Waals surface area contributed by atoms with E-state index in [4.69, 9.17) is 9.40 Å². The number of hydrogen-bond acceptors (Lipinski definition) is 4. The third-order valence-electron chi connectivity index (χ3n) is 15.7. The molecule has 2 aliphatic heterocycles. The van der Waals surface area contributed by atoms with Crippen LogP contribution in [0.5, 0.6) is 0 Å². The first-order chi connectivity index (χ1) is 37.7. The summed E-state index contributed by atoms with van der Waals surface area (Å²) in [4.78, 5) is 10.4. The molecule has 0 radical (unpaired) electrons. The van der Waals surface area contributed by atoms with Gasteiger partial charge in [-0.25, -0.2) is 4.98 Å². The van der Waals surface area contributed by atoms with Gasteiger partial charge in [0.15, 0.2) is 0 Å². The molecule has 0 N–H and O–H groups in total. The maximum atomic E-state index is 7.25. The van der Waals surface area contributed by atoms with Crippen molar-refractivity contribution >= 4 is 101 Å². The molecule has 16 rings (SSSR count). The van der Waals surface area contributed by atoms with Crippen LogP contribution in [0.2, 0.25) is 0 Å². The summed E-state index contributed by atoms with van der Waals surface area (Å²) < 4.78 is 12.1. The van der Waals surface area contributed by atoms with Crippen molar-refractivity contribution in [3.8, 4) is 45.1 Å². The molecule has 0 spiro atoms. The molecule has 6 nitrogen and oxygen atoms in total. The van der Waals surface area contributed by atoms with Crippen LogP contribution in [0.1, 0.15) is 0 Å². The van der Waals surface area contributed by atoms with Crippen molar-refractivity contribution in [1.82, 2.24) is 14.1 Å². The number of fused-ring (bicyclic) bond motifs is 10. The lowest BCUT2D eigenvalue weighted by Crippen LogP contribution is -2.61. The van der Waals surface area contributed by atoms with E-state index in [1.165, 1.54) is 27.1 Å². The molecular formula is C69H44BN5O. The highest BCUT2D eigenvalue weighted by atomic mass is 16.4.